The van der Waals surface area contributed by atoms with E-state index in [1.54, 1.807) is 6.21 Å². The Morgan fingerprint density at radius 2 is 1.79 bits per heavy atom. The Bertz CT molecular complexity index is 1140. The first-order valence-corrected chi connectivity index (χ1v) is 13.8. The SMILES string of the molecule is O=C(COc1ccc(C2SCCS2)cc1)N/N=C\c1ccc(OCc2ccc(Cl)cc2)c(Br)c1. The maximum absolute atomic E-state index is 12.1. The Labute approximate surface area is 220 Å². The topological polar surface area (TPSA) is 59.9 Å². The van der Waals surface area contributed by atoms with Gasteiger partial charge in [-0.1, -0.05) is 35.9 Å². The molecule has 9 heteroatoms. The average Bonchev–Trinajstić information content (AvgIpc) is 3.39. The monoisotopic (exact) mass is 576 g/mol. The third-order valence-corrected chi connectivity index (χ3v) is 8.79. The molecule has 34 heavy (non-hydrogen) atoms. The molecule has 0 unspecified atom stereocenters. The Morgan fingerprint density at radius 1 is 1.06 bits per heavy atom. The number of hydrogen-bond acceptors (Lipinski definition) is 6. The zero-order valence-corrected chi connectivity index (χ0v) is 22.1. The molecule has 5 nitrogen and oxygen atoms in total. The molecule has 0 radical (unpaired) electrons. The fraction of sp³-hybridized carbons (Fsp3) is 0.200. The lowest BCUT2D eigenvalue weighted by atomic mass is 10.2. The fourth-order valence-electron chi connectivity index (χ4n) is 3.09. The summed E-state index contributed by atoms with van der Waals surface area (Å²) in [4.78, 5) is 12.1. The number of carbonyl (C=O) groups excluding carboxylic acids is 1. The van der Waals surface area contributed by atoms with Gasteiger partial charge in [-0.2, -0.15) is 5.10 Å². The smallest absolute Gasteiger partial charge is 0.277 e. The van der Waals surface area contributed by atoms with Crippen molar-refractivity contribution in [2.75, 3.05) is 18.1 Å². The lowest BCUT2D eigenvalue weighted by molar-refractivity contribution is -0.123. The molecule has 1 amide bonds. The highest BCUT2D eigenvalue weighted by atomic mass is 79.9. The van der Waals surface area contributed by atoms with Crippen LogP contribution in [0.4, 0.5) is 0 Å². The van der Waals surface area contributed by atoms with Gasteiger partial charge in [0.1, 0.15) is 18.1 Å². The van der Waals surface area contributed by atoms with Gasteiger partial charge >= 0.3 is 0 Å². The van der Waals surface area contributed by atoms with Gasteiger partial charge in [-0.25, -0.2) is 5.43 Å². The molecule has 176 valence electrons. The molecule has 1 N–H and O–H groups in total. The van der Waals surface area contributed by atoms with Crippen molar-refractivity contribution in [1.29, 1.82) is 0 Å². The molecule has 0 atom stereocenters. The number of nitrogens with one attached hydrogen (secondary N) is 1. The van der Waals surface area contributed by atoms with Crippen LogP contribution in [0.15, 0.2) is 76.3 Å². The van der Waals surface area contributed by atoms with Gasteiger partial charge < -0.3 is 9.47 Å². The van der Waals surface area contributed by atoms with Crippen LogP contribution in [0, 0.1) is 0 Å². The van der Waals surface area contributed by atoms with Crippen LogP contribution in [0.3, 0.4) is 0 Å². The molecule has 1 fully saturated rings. The molecule has 0 saturated carbocycles. The Morgan fingerprint density at radius 3 is 2.50 bits per heavy atom. The van der Waals surface area contributed by atoms with Crippen molar-refractivity contribution in [2.24, 2.45) is 5.10 Å². The summed E-state index contributed by atoms with van der Waals surface area (Å²) in [6.45, 7) is 0.325. The van der Waals surface area contributed by atoms with Crippen molar-refractivity contribution < 1.29 is 14.3 Å². The van der Waals surface area contributed by atoms with Crippen LogP contribution < -0.4 is 14.9 Å². The highest BCUT2D eigenvalue weighted by molar-refractivity contribution is 9.10. The summed E-state index contributed by atoms with van der Waals surface area (Å²) in [5, 5.41) is 4.70. The molecule has 3 aromatic carbocycles. The molecule has 3 aromatic rings. The summed E-state index contributed by atoms with van der Waals surface area (Å²) in [5.74, 6) is 3.42. The molecule has 1 aliphatic heterocycles. The molecule has 0 aromatic heterocycles. The van der Waals surface area contributed by atoms with Crippen LogP contribution in [-0.4, -0.2) is 30.2 Å². The number of carbonyl (C=O) groups is 1. The van der Waals surface area contributed by atoms with Crippen LogP contribution >= 0.6 is 51.1 Å². The number of amides is 1. The van der Waals surface area contributed by atoms with Crippen molar-refractivity contribution >= 4 is 63.2 Å². The predicted molar refractivity (Wildman–Crippen MR) is 145 cm³/mol. The Balaban J connectivity index is 1.21. The van der Waals surface area contributed by atoms with Crippen molar-refractivity contribution in [3.05, 3.63) is 92.9 Å². The molecular weight excluding hydrogens is 556 g/mol. The lowest BCUT2D eigenvalue weighted by Gasteiger charge is -2.10. The van der Waals surface area contributed by atoms with E-state index < -0.39 is 0 Å². The minimum absolute atomic E-state index is 0.106. The molecule has 0 spiro atoms. The van der Waals surface area contributed by atoms with Crippen molar-refractivity contribution in [1.82, 2.24) is 5.43 Å². The van der Waals surface area contributed by atoms with Gasteiger partial charge in [0.2, 0.25) is 0 Å². The van der Waals surface area contributed by atoms with Gasteiger partial charge in [0.05, 0.1) is 15.3 Å². The van der Waals surface area contributed by atoms with Gasteiger partial charge in [-0.15, -0.1) is 23.5 Å². The largest absolute Gasteiger partial charge is 0.488 e. The van der Waals surface area contributed by atoms with Crippen LogP contribution in [0.5, 0.6) is 11.5 Å². The van der Waals surface area contributed by atoms with E-state index >= 15 is 0 Å². The Hall–Kier alpha value is -2.13. The highest BCUT2D eigenvalue weighted by Crippen LogP contribution is 2.45. The van der Waals surface area contributed by atoms with E-state index in [0.717, 1.165) is 15.6 Å². The second-order valence-electron chi connectivity index (χ2n) is 7.33. The summed E-state index contributed by atoms with van der Waals surface area (Å²) in [6.07, 6.45) is 1.57. The summed E-state index contributed by atoms with van der Waals surface area (Å²) in [6, 6.07) is 21.0. The maximum Gasteiger partial charge on any atom is 0.277 e. The molecule has 1 aliphatic rings. The number of hydrogen-bond donors (Lipinski definition) is 1. The minimum atomic E-state index is -0.329. The van der Waals surface area contributed by atoms with Crippen molar-refractivity contribution in [2.45, 2.75) is 11.2 Å². The number of benzene rings is 3. The second kappa shape index (κ2) is 12.5. The standard InChI is InChI=1S/C25H22BrClN2O3S2/c26-22-13-18(3-10-23(22)32-15-17-1-6-20(27)7-2-17)14-28-29-24(30)16-31-21-8-4-19(5-9-21)25-33-11-12-34-25/h1-10,13-14,25H,11-12,15-16H2,(H,29,30)/b28-14-. The molecule has 4 rings (SSSR count). The second-order valence-corrected chi connectivity index (χ2v) is 11.3. The maximum atomic E-state index is 12.1. The van der Waals surface area contributed by atoms with Gasteiger partial charge in [0.15, 0.2) is 6.61 Å². The predicted octanol–water partition coefficient (Wildman–Crippen LogP) is 6.69. The number of hydrazone groups is 1. The third-order valence-electron chi connectivity index (χ3n) is 4.81. The molecule has 0 aliphatic carbocycles. The molecular formula is C25H22BrClN2O3S2. The van der Waals surface area contributed by atoms with E-state index in [-0.39, 0.29) is 12.5 Å². The average molecular weight is 578 g/mol. The molecule has 1 saturated heterocycles. The van der Waals surface area contributed by atoms with E-state index in [2.05, 4.69) is 38.6 Å². The van der Waals surface area contributed by atoms with Gasteiger partial charge in [0, 0.05) is 16.5 Å². The number of ether oxygens (including phenoxy) is 2. The first kappa shape index (κ1) is 25.0. The first-order chi connectivity index (χ1) is 16.6. The van der Waals surface area contributed by atoms with Gasteiger partial charge in [-0.3, -0.25) is 4.79 Å². The quantitative estimate of drug-likeness (QED) is 0.227. The van der Waals surface area contributed by atoms with Crippen LogP contribution in [-0.2, 0) is 11.4 Å². The number of halogens is 2. The van der Waals surface area contributed by atoms with Crippen LogP contribution in [0.2, 0.25) is 5.02 Å². The third kappa shape index (κ3) is 7.43. The lowest BCUT2D eigenvalue weighted by Crippen LogP contribution is -2.24. The molecule has 1 heterocycles. The summed E-state index contributed by atoms with van der Waals surface area (Å²) < 4.78 is 12.7. The van der Waals surface area contributed by atoms with Crippen LogP contribution in [0.1, 0.15) is 21.3 Å². The normalized spacial score (nSPS) is 13.8. The summed E-state index contributed by atoms with van der Waals surface area (Å²) >= 11 is 13.3. The van der Waals surface area contributed by atoms with E-state index in [4.69, 9.17) is 21.1 Å². The van der Waals surface area contributed by atoms with Crippen molar-refractivity contribution in [3.63, 3.8) is 0 Å². The van der Waals surface area contributed by atoms with Gasteiger partial charge in [0.25, 0.3) is 5.91 Å². The van der Waals surface area contributed by atoms with E-state index in [9.17, 15) is 4.79 Å². The van der Waals surface area contributed by atoms with E-state index in [0.29, 0.717) is 27.7 Å². The van der Waals surface area contributed by atoms with E-state index in [1.165, 1.54) is 17.1 Å². The number of rotatable bonds is 9. The van der Waals surface area contributed by atoms with E-state index in [1.807, 2.05) is 78.1 Å². The minimum Gasteiger partial charge on any atom is -0.488 e. The van der Waals surface area contributed by atoms with Crippen molar-refractivity contribution in [3.8, 4) is 11.5 Å². The zero-order chi connectivity index (χ0) is 23.8. The molecule has 0 bridgehead atoms. The highest BCUT2D eigenvalue weighted by Gasteiger charge is 2.18. The fourth-order valence-corrected chi connectivity index (χ4v) is 6.58. The number of thioether (sulfide) groups is 2. The summed E-state index contributed by atoms with van der Waals surface area (Å²) in [7, 11) is 0. The van der Waals surface area contributed by atoms with Crippen LogP contribution in [0.25, 0.3) is 0 Å². The Kier molecular flexibility index (Phi) is 9.21. The van der Waals surface area contributed by atoms with Gasteiger partial charge in [-0.05, 0) is 75.1 Å². The number of nitrogens with zero attached hydrogens (tertiary/aromatic N) is 1. The summed E-state index contributed by atoms with van der Waals surface area (Å²) in [5.41, 5.74) is 5.60. The first-order valence-electron chi connectivity index (χ1n) is 10.5. The zero-order valence-electron chi connectivity index (χ0n) is 18.1.